The third-order valence-electron chi connectivity index (χ3n) is 3.24. The first kappa shape index (κ1) is 15.0. The van der Waals surface area contributed by atoms with Crippen molar-refractivity contribution in [1.82, 2.24) is 4.90 Å². The molecule has 1 aliphatic rings. The molecule has 0 amide bonds. The van der Waals surface area contributed by atoms with Gasteiger partial charge in [0.15, 0.2) is 0 Å². The lowest BCUT2D eigenvalue weighted by Gasteiger charge is -2.39. The van der Waals surface area contributed by atoms with Crippen LogP contribution in [0.25, 0.3) is 0 Å². The van der Waals surface area contributed by atoms with Crippen molar-refractivity contribution >= 4 is 19.7 Å². The molecule has 1 fully saturated rings. The summed E-state index contributed by atoms with van der Waals surface area (Å²) in [5, 5.41) is 0. The number of hydrogen-bond acceptors (Lipinski definition) is 3. The summed E-state index contributed by atoms with van der Waals surface area (Å²) in [4.78, 5) is 2.44. The van der Waals surface area contributed by atoms with Crippen LogP contribution in [-0.4, -0.2) is 37.7 Å². The maximum Gasteiger partial charge on any atom is 0.236 e. The summed E-state index contributed by atoms with van der Waals surface area (Å²) in [6.07, 6.45) is 4.31. The number of rotatable bonds is 5. The first-order valence-electron chi connectivity index (χ1n) is 6.14. The molecule has 5 heteroatoms. The molecule has 1 unspecified atom stereocenters. The van der Waals surface area contributed by atoms with Crippen LogP contribution in [-0.2, 0) is 9.05 Å². The van der Waals surface area contributed by atoms with Crippen molar-refractivity contribution < 1.29 is 8.42 Å². The van der Waals surface area contributed by atoms with Gasteiger partial charge in [-0.3, -0.25) is 4.90 Å². The zero-order valence-corrected chi connectivity index (χ0v) is 12.2. The molecule has 0 bridgehead atoms. The molecular weight excluding hydrogens is 258 g/mol. The van der Waals surface area contributed by atoms with Gasteiger partial charge in [-0.2, -0.15) is 0 Å². The number of piperidine rings is 1. The van der Waals surface area contributed by atoms with Gasteiger partial charge in [0.1, 0.15) is 0 Å². The molecule has 0 aromatic carbocycles. The molecule has 17 heavy (non-hydrogen) atoms. The highest BCUT2D eigenvalue weighted by Crippen LogP contribution is 2.24. The minimum atomic E-state index is -3.46. The molecule has 1 saturated heterocycles. The predicted molar refractivity (Wildman–Crippen MR) is 72.9 cm³/mol. The first-order chi connectivity index (χ1) is 7.79. The molecule has 100 valence electrons. The predicted octanol–water partition coefficient (Wildman–Crippen LogP) is 2.76. The first-order valence-corrected chi connectivity index (χ1v) is 8.62. The molecule has 0 saturated carbocycles. The lowest BCUT2D eigenvalue weighted by atomic mass is 9.95. The highest BCUT2D eigenvalue weighted by atomic mass is 35.7. The molecule has 0 aromatic rings. The van der Waals surface area contributed by atoms with E-state index < -0.39 is 9.05 Å². The fourth-order valence-corrected chi connectivity index (χ4v) is 3.63. The van der Waals surface area contributed by atoms with E-state index in [-0.39, 0.29) is 5.75 Å². The minimum Gasteiger partial charge on any atom is -0.298 e. The smallest absolute Gasteiger partial charge is 0.236 e. The van der Waals surface area contributed by atoms with Gasteiger partial charge in [0.05, 0.1) is 5.75 Å². The van der Waals surface area contributed by atoms with Gasteiger partial charge in [0.25, 0.3) is 0 Å². The van der Waals surface area contributed by atoms with E-state index in [0.29, 0.717) is 12.1 Å². The minimum absolute atomic E-state index is 0.100. The fourth-order valence-electron chi connectivity index (χ4n) is 2.56. The van der Waals surface area contributed by atoms with Gasteiger partial charge in [-0.15, -0.1) is 0 Å². The number of halogens is 1. The van der Waals surface area contributed by atoms with Crippen molar-refractivity contribution in [3.63, 3.8) is 0 Å². The van der Waals surface area contributed by atoms with E-state index in [1.165, 1.54) is 12.8 Å². The largest absolute Gasteiger partial charge is 0.298 e. The van der Waals surface area contributed by atoms with Crippen molar-refractivity contribution in [2.24, 2.45) is 0 Å². The van der Waals surface area contributed by atoms with Crippen LogP contribution in [0.1, 0.15) is 39.5 Å². The number of hydrogen-bond donors (Lipinski definition) is 0. The quantitative estimate of drug-likeness (QED) is 0.574. The zero-order valence-electron chi connectivity index (χ0n) is 10.7. The molecule has 0 aliphatic carbocycles. The Morgan fingerprint density at radius 3 is 2.65 bits per heavy atom. The maximum atomic E-state index is 11.0. The van der Waals surface area contributed by atoms with E-state index in [2.05, 4.69) is 25.3 Å². The van der Waals surface area contributed by atoms with Crippen LogP contribution in [0.2, 0.25) is 0 Å². The average Bonchev–Trinajstić information content (AvgIpc) is 2.14. The van der Waals surface area contributed by atoms with Crippen LogP contribution in [0.15, 0.2) is 12.2 Å². The topological polar surface area (TPSA) is 37.4 Å². The SMILES string of the molecule is C=C(CC1CCCCN1C(C)C)CS(=O)(=O)Cl. The van der Waals surface area contributed by atoms with Crippen LogP contribution in [0.4, 0.5) is 0 Å². The highest BCUT2D eigenvalue weighted by Gasteiger charge is 2.25. The van der Waals surface area contributed by atoms with Crippen molar-refractivity contribution in [3.8, 4) is 0 Å². The van der Waals surface area contributed by atoms with E-state index in [1.807, 2.05) is 0 Å². The number of nitrogens with zero attached hydrogens (tertiary/aromatic N) is 1. The van der Waals surface area contributed by atoms with Crippen LogP contribution in [0, 0.1) is 0 Å². The Balaban J connectivity index is 2.56. The standard InChI is InChI=1S/C12H22ClNO2S/c1-10(2)14-7-5-4-6-12(14)8-11(3)9-17(13,15)16/h10,12H,3-9H2,1-2H3. The third-order valence-corrected chi connectivity index (χ3v) is 4.32. The van der Waals surface area contributed by atoms with Crippen molar-refractivity contribution in [1.29, 1.82) is 0 Å². The number of likely N-dealkylation sites (tertiary alicyclic amines) is 1. The van der Waals surface area contributed by atoms with E-state index in [1.54, 1.807) is 0 Å². The average molecular weight is 280 g/mol. The van der Waals surface area contributed by atoms with Crippen LogP contribution < -0.4 is 0 Å². The molecule has 1 aliphatic heterocycles. The second kappa shape index (κ2) is 6.21. The van der Waals surface area contributed by atoms with E-state index in [0.717, 1.165) is 25.0 Å². The fraction of sp³-hybridized carbons (Fsp3) is 0.833. The van der Waals surface area contributed by atoms with Gasteiger partial charge in [-0.1, -0.05) is 18.6 Å². The lowest BCUT2D eigenvalue weighted by molar-refractivity contribution is 0.111. The normalized spacial score (nSPS) is 22.9. The summed E-state index contributed by atoms with van der Waals surface area (Å²) < 4.78 is 22.0. The summed E-state index contributed by atoms with van der Waals surface area (Å²) in [6.45, 7) is 9.30. The molecule has 1 heterocycles. The summed E-state index contributed by atoms with van der Waals surface area (Å²) >= 11 is 0. The Kier molecular flexibility index (Phi) is 5.48. The molecule has 1 rings (SSSR count). The van der Waals surface area contributed by atoms with Crippen LogP contribution >= 0.6 is 10.7 Å². The second-order valence-electron chi connectivity index (χ2n) is 5.12. The third kappa shape index (κ3) is 5.40. The molecule has 1 atom stereocenters. The van der Waals surface area contributed by atoms with Gasteiger partial charge in [0, 0.05) is 22.8 Å². The van der Waals surface area contributed by atoms with Crippen molar-refractivity contribution in [2.75, 3.05) is 12.3 Å². The van der Waals surface area contributed by atoms with Crippen molar-refractivity contribution in [3.05, 3.63) is 12.2 Å². The van der Waals surface area contributed by atoms with Crippen LogP contribution in [0.5, 0.6) is 0 Å². The Morgan fingerprint density at radius 2 is 2.12 bits per heavy atom. The molecular formula is C12H22ClNO2S. The summed E-state index contributed by atoms with van der Waals surface area (Å²) in [5.74, 6) is -0.100. The summed E-state index contributed by atoms with van der Waals surface area (Å²) in [5.41, 5.74) is 0.720. The van der Waals surface area contributed by atoms with Crippen molar-refractivity contribution in [2.45, 2.75) is 51.6 Å². The Hall–Kier alpha value is -0.0600. The second-order valence-corrected chi connectivity index (χ2v) is 7.90. The van der Waals surface area contributed by atoms with Gasteiger partial charge in [0.2, 0.25) is 9.05 Å². The van der Waals surface area contributed by atoms with E-state index in [4.69, 9.17) is 10.7 Å². The molecule has 0 spiro atoms. The van der Waals surface area contributed by atoms with Crippen LogP contribution in [0.3, 0.4) is 0 Å². The molecule has 0 N–H and O–H groups in total. The van der Waals surface area contributed by atoms with Gasteiger partial charge in [-0.25, -0.2) is 8.42 Å². The summed E-state index contributed by atoms with van der Waals surface area (Å²) in [7, 11) is 1.78. The highest BCUT2D eigenvalue weighted by molar-refractivity contribution is 8.13. The van der Waals surface area contributed by atoms with E-state index >= 15 is 0 Å². The Labute approximate surface area is 109 Å². The monoisotopic (exact) mass is 279 g/mol. The van der Waals surface area contributed by atoms with Gasteiger partial charge < -0.3 is 0 Å². The Morgan fingerprint density at radius 1 is 1.47 bits per heavy atom. The Bertz CT molecular complexity index is 365. The summed E-state index contributed by atoms with van der Waals surface area (Å²) in [6, 6.07) is 0.926. The van der Waals surface area contributed by atoms with Gasteiger partial charge >= 0.3 is 0 Å². The van der Waals surface area contributed by atoms with Gasteiger partial charge in [-0.05, 0) is 39.7 Å². The molecule has 0 aromatic heterocycles. The lowest BCUT2D eigenvalue weighted by Crippen LogP contribution is -2.44. The molecule has 0 radical (unpaired) electrons. The zero-order chi connectivity index (χ0) is 13.1. The van der Waals surface area contributed by atoms with E-state index in [9.17, 15) is 8.42 Å². The maximum absolute atomic E-state index is 11.0. The molecule has 3 nitrogen and oxygen atoms in total.